The molecular weight excluding hydrogens is 188 g/mol. The summed E-state index contributed by atoms with van der Waals surface area (Å²) in [5.41, 5.74) is 0.540. The van der Waals surface area contributed by atoms with Gasteiger partial charge in [-0.25, -0.2) is 0 Å². The van der Waals surface area contributed by atoms with Gasteiger partial charge in [0.15, 0.2) is 0 Å². The van der Waals surface area contributed by atoms with Crippen LogP contribution in [0.3, 0.4) is 0 Å². The van der Waals surface area contributed by atoms with E-state index in [2.05, 4.69) is 23.6 Å². The third-order valence-electron chi connectivity index (χ3n) is 4.58. The summed E-state index contributed by atoms with van der Waals surface area (Å²) in [6.07, 6.45) is 2.79. The Morgan fingerprint density at radius 2 is 1.93 bits per heavy atom. The summed E-state index contributed by atoms with van der Waals surface area (Å²) >= 11 is 0. The van der Waals surface area contributed by atoms with Crippen molar-refractivity contribution in [1.29, 1.82) is 0 Å². The van der Waals surface area contributed by atoms with E-state index in [1.807, 2.05) is 0 Å². The number of hydrogen-bond acceptors (Lipinski definition) is 3. The van der Waals surface area contributed by atoms with Crippen molar-refractivity contribution in [2.75, 3.05) is 32.8 Å². The van der Waals surface area contributed by atoms with Gasteiger partial charge in [-0.15, -0.1) is 0 Å². The van der Waals surface area contributed by atoms with E-state index in [-0.39, 0.29) is 0 Å². The zero-order valence-corrected chi connectivity index (χ0v) is 9.91. The highest BCUT2D eigenvalue weighted by Gasteiger charge is 2.52. The quantitative estimate of drug-likeness (QED) is 0.675. The second kappa shape index (κ2) is 3.44. The van der Waals surface area contributed by atoms with Crippen molar-refractivity contribution >= 4 is 0 Å². The van der Waals surface area contributed by atoms with Gasteiger partial charge < -0.3 is 4.74 Å². The van der Waals surface area contributed by atoms with E-state index in [0.717, 1.165) is 19.3 Å². The summed E-state index contributed by atoms with van der Waals surface area (Å²) in [6, 6.07) is 1.45. The molecule has 3 fully saturated rings. The van der Waals surface area contributed by atoms with Crippen LogP contribution in [-0.4, -0.2) is 60.3 Å². The fraction of sp³-hybridized carbons (Fsp3) is 1.00. The standard InChI is InChI=1S/C12H22N2O/c1-10(2)13-5-3-12(9-13)4-6-14(12)11-7-15-8-11/h10-11H,3-9H2,1-2H3. The lowest BCUT2D eigenvalue weighted by atomic mass is 9.81. The molecule has 0 aliphatic carbocycles. The third kappa shape index (κ3) is 1.44. The Kier molecular flexibility index (Phi) is 2.31. The molecule has 3 aliphatic rings. The molecule has 0 radical (unpaired) electrons. The molecule has 3 rings (SSSR count). The second-order valence-corrected chi connectivity index (χ2v) is 5.67. The number of hydrogen-bond donors (Lipinski definition) is 0. The number of rotatable bonds is 2. The largest absolute Gasteiger partial charge is 0.378 e. The minimum atomic E-state index is 0.540. The molecule has 1 unspecified atom stereocenters. The first-order valence-corrected chi connectivity index (χ1v) is 6.30. The first kappa shape index (κ1) is 10.1. The summed E-state index contributed by atoms with van der Waals surface area (Å²) in [6.45, 7) is 10.5. The molecule has 86 valence electrons. The van der Waals surface area contributed by atoms with Crippen LogP contribution in [0.2, 0.25) is 0 Å². The van der Waals surface area contributed by atoms with E-state index in [0.29, 0.717) is 11.6 Å². The van der Waals surface area contributed by atoms with Crippen LogP contribution in [0.4, 0.5) is 0 Å². The molecule has 0 aromatic rings. The van der Waals surface area contributed by atoms with Gasteiger partial charge in [0.1, 0.15) is 0 Å². The first-order chi connectivity index (χ1) is 7.21. The predicted molar refractivity (Wildman–Crippen MR) is 60.0 cm³/mol. The fourth-order valence-electron chi connectivity index (χ4n) is 3.30. The van der Waals surface area contributed by atoms with Crippen LogP contribution in [0.15, 0.2) is 0 Å². The van der Waals surface area contributed by atoms with Crippen LogP contribution in [0.1, 0.15) is 26.7 Å². The van der Waals surface area contributed by atoms with Crippen LogP contribution in [0.5, 0.6) is 0 Å². The molecule has 3 heteroatoms. The van der Waals surface area contributed by atoms with E-state index in [1.54, 1.807) is 0 Å². The van der Waals surface area contributed by atoms with Gasteiger partial charge in [-0.3, -0.25) is 9.80 Å². The molecular formula is C12H22N2O. The SMILES string of the molecule is CC(C)N1CCC2(CCN2C2COC2)C1. The van der Waals surface area contributed by atoms with Gasteiger partial charge in [0, 0.05) is 31.2 Å². The molecule has 3 nitrogen and oxygen atoms in total. The topological polar surface area (TPSA) is 15.7 Å². The molecule has 3 saturated heterocycles. The van der Waals surface area contributed by atoms with Crippen LogP contribution in [-0.2, 0) is 4.74 Å². The lowest BCUT2D eigenvalue weighted by molar-refractivity contribution is -0.144. The Morgan fingerprint density at radius 3 is 2.33 bits per heavy atom. The average molecular weight is 210 g/mol. The van der Waals surface area contributed by atoms with E-state index in [4.69, 9.17) is 4.74 Å². The first-order valence-electron chi connectivity index (χ1n) is 6.30. The van der Waals surface area contributed by atoms with E-state index >= 15 is 0 Å². The third-order valence-corrected chi connectivity index (χ3v) is 4.58. The molecule has 15 heavy (non-hydrogen) atoms. The maximum absolute atomic E-state index is 5.31. The normalized spacial score (nSPS) is 38.6. The highest BCUT2D eigenvalue weighted by Crippen LogP contribution is 2.42. The van der Waals surface area contributed by atoms with Gasteiger partial charge in [0.05, 0.1) is 19.3 Å². The van der Waals surface area contributed by atoms with E-state index in [1.165, 1.54) is 32.5 Å². The van der Waals surface area contributed by atoms with Crippen molar-refractivity contribution in [3.8, 4) is 0 Å². The smallest absolute Gasteiger partial charge is 0.0645 e. The molecule has 0 amide bonds. The summed E-state index contributed by atoms with van der Waals surface area (Å²) < 4.78 is 5.31. The van der Waals surface area contributed by atoms with Crippen molar-refractivity contribution in [1.82, 2.24) is 9.80 Å². The van der Waals surface area contributed by atoms with Gasteiger partial charge in [-0.2, -0.15) is 0 Å². The molecule has 0 aromatic carbocycles. The Labute approximate surface area is 92.4 Å². The number of nitrogens with zero attached hydrogens (tertiary/aromatic N) is 2. The molecule has 0 aromatic heterocycles. The highest BCUT2D eigenvalue weighted by atomic mass is 16.5. The molecule has 3 aliphatic heterocycles. The van der Waals surface area contributed by atoms with Crippen molar-refractivity contribution in [2.24, 2.45) is 0 Å². The molecule has 0 saturated carbocycles. The monoisotopic (exact) mass is 210 g/mol. The molecule has 3 heterocycles. The summed E-state index contributed by atoms with van der Waals surface area (Å²) in [7, 11) is 0. The Balaban J connectivity index is 1.65. The van der Waals surface area contributed by atoms with E-state index < -0.39 is 0 Å². The Bertz CT molecular complexity index is 252. The maximum Gasteiger partial charge on any atom is 0.0645 e. The molecule has 1 atom stereocenters. The lowest BCUT2D eigenvalue weighted by Gasteiger charge is -2.56. The van der Waals surface area contributed by atoms with Gasteiger partial charge in [-0.05, 0) is 26.7 Å². The second-order valence-electron chi connectivity index (χ2n) is 5.67. The van der Waals surface area contributed by atoms with Crippen molar-refractivity contribution in [2.45, 2.75) is 44.3 Å². The predicted octanol–water partition coefficient (Wildman–Crippen LogP) is 0.944. The minimum Gasteiger partial charge on any atom is -0.378 e. The fourth-order valence-corrected chi connectivity index (χ4v) is 3.30. The van der Waals surface area contributed by atoms with Crippen LogP contribution in [0.25, 0.3) is 0 Å². The summed E-state index contributed by atoms with van der Waals surface area (Å²) in [5, 5.41) is 0. The van der Waals surface area contributed by atoms with Gasteiger partial charge in [0.25, 0.3) is 0 Å². The summed E-state index contributed by atoms with van der Waals surface area (Å²) in [5.74, 6) is 0. The average Bonchev–Trinajstić information content (AvgIpc) is 2.56. The zero-order valence-electron chi connectivity index (χ0n) is 9.91. The summed E-state index contributed by atoms with van der Waals surface area (Å²) in [4.78, 5) is 5.35. The minimum absolute atomic E-state index is 0.540. The van der Waals surface area contributed by atoms with Crippen molar-refractivity contribution in [3.05, 3.63) is 0 Å². The van der Waals surface area contributed by atoms with Gasteiger partial charge >= 0.3 is 0 Å². The van der Waals surface area contributed by atoms with Gasteiger partial charge in [0.2, 0.25) is 0 Å². The van der Waals surface area contributed by atoms with Crippen LogP contribution in [0, 0.1) is 0 Å². The lowest BCUT2D eigenvalue weighted by Crippen LogP contribution is -2.68. The van der Waals surface area contributed by atoms with Crippen LogP contribution < -0.4 is 0 Å². The number of ether oxygens (including phenoxy) is 1. The Hall–Kier alpha value is -0.120. The maximum atomic E-state index is 5.31. The highest BCUT2D eigenvalue weighted by molar-refractivity contribution is 5.09. The molecule has 0 N–H and O–H groups in total. The number of likely N-dealkylation sites (tertiary alicyclic amines) is 2. The zero-order chi connectivity index (χ0) is 10.5. The van der Waals surface area contributed by atoms with Crippen molar-refractivity contribution < 1.29 is 4.74 Å². The van der Waals surface area contributed by atoms with Crippen molar-refractivity contribution in [3.63, 3.8) is 0 Å². The Morgan fingerprint density at radius 1 is 1.20 bits per heavy atom. The molecule has 1 spiro atoms. The molecule has 0 bridgehead atoms. The van der Waals surface area contributed by atoms with E-state index in [9.17, 15) is 0 Å². The van der Waals surface area contributed by atoms with Crippen LogP contribution >= 0.6 is 0 Å². The van der Waals surface area contributed by atoms with Gasteiger partial charge in [-0.1, -0.05) is 0 Å².